The molecule has 0 saturated carbocycles. The molecule has 9 nitrogen and oxygen atoms in total. The maximum absolute atomic E-state index is 14.1. The van der Waals surface area contributed by atoms with E-state index in [0.717, 1.165) is 25.8 Å². The molecule has 1 aromatic rings. The van der Waals surface area contributed by atoms with Gasteiger partial charge in [-0.25, -0.2) is 4.39 Å². The first-order valence-corrected chi connectivity index (χ1v) is 16.4. The molecule has 0 spiro atoms. The van der Waals surface area contributed by atoms with Crippen LogP contribution >= 0.6 is 0 Å². The van der Waals surface area contributed by atoms with Crippen molar-refractivity contribution in [1.29, 1.82) is 0 Å². The van der Waals surface area contributed by atoms with Gasteiger partial charge in [0.1, 0.15) is 17.9 Å². The van der Waals surface area contributed by atoms with Gasteiger partial charge in [0.15, 0.2) is 0 Å². The number of hydrogen-bond donors (Lipinski definition) is 2. The first-order chi connectivity index (χ1) is 21.0. The lowest BCUT2D eigenvalue weighted by Gasteiger charge is -2.41. The minimum atomic E-state index is -0.755. The van der Waals surface area contributed by atoms with Crippen LogP contribution in [0.15, 0.2) is 35.9 Å². The Morgan fingerprint density at radius 1 is 0.933 bits per heavy atom. The number of benzene rings is 1. The zero-order valence-electron chi connectivity index (χ0n) is 28.7. The smallest absolute Gasteiger partial charge is 0.249 e. The van der Waals surface area contributed by atoms with E-state index in [1.54, 1.807) is 29.8 Å². The van der Waals surface area contributed by atoms with Crippen molar-refractivity contribution < 1.29 is 23.6 Å². The van der Waals surface area contributed by atoms with Crippen LogP contribution in [-0.2, 0) is 19.2 Å². The predicted octanol–water partition coefficient (Wildman–Crippen LogP) is 4.98. The van der Waals surface area contributed by atoms with Crippen molar-refractivity contribution in [3.63, 3.8) is 0 Å². The van der Waals surface area contributed by atoms with E-state index in [1.807, 2.05) is 34.6 Å². The van der Waals surface area contributed by atoms with Gasteiger partial charge < -0.3 is 20.4 Å². The summed E-state index contributed by atoms with van der Waals surface area (Å²) >= 11 is 0. The number of anilines is 1. The van der Waals surface area contributed by atoms with Crippen molar-refractivity contribution in [3.05, 3.63) is 41.7 Å². The Morgan fingerprint density at radius 2 is 1.56 bits per heavy atom. The minimum absolute atomic E-state index is 0.0241. The van der Waals surface area contributed by atoms with E-state index in [4.69, 9.17) is 0 Å². The van der Waals surface area contributed by atoms with E-state index in [1.165, 1.54) is 24.3 Å². The van der Waals surface area contributed by atoms with Crippen molar-refractivity contribution in [1.82, 2.24) is 20.0 Å². The number of likely N-dealkylation sites (N-methyl/N-ethyl adjacent to an activating group) is 1. The van der Waals surface area contributed by atoms with Crippen molar-refractivity contribution in [3.8, 4) is 0 Å². The highest BCUT2D eigenvalue weighted by atomic mass is 19.1. The third-order valence-corrected chi connectivity index (χ3v) is 9.07. The molecule has 0 radical (unpaired) electrons. The molecule has 1 aromatic carbocycles. The van der Waals surface area contributed by atoms with Gasteiger partial charge in [-0.05, 0) is 88.6 Å². The number of carbonyl (C=O) groups is 4. The number of amides is 4. The summed E-state index contributed by atoms with van der Waals surface area (Å²) in [6.45, 7) is 17.0. The number of hydrogen-bond acceptors (Lipinski definition) is 5. The Morgan fingerprint density at radius 3 is 2.13 bits per heavy atom. The lowest BCUT2D eigenvalue weighted by Crippen LogP contribution is -2.60. The summed E-state index contributed by atoms with van der Waals surface area (Å²) in [6.07, 6.45) is 5.83. The molecule has 2 fully saturated rings. The first kappa shape index (κ1) is 36.2. The number of likely N-dealkylation sites (tertiary alicyclic amines) is 2. The zero-order valence-corrected chi connectivity index (χ0v) is 28.7. The second kappa shape index (κ2) is 15.3. The number of nitrogens with one attached hydrogen (secondary N) is 2. The fourth-order valence-corrected chi connectivity index (χ4v) is 6.44. The number of nitrogens with zero attached hydrogens (tertiary/aromatic N) is 3. The Labute approximate surface area is 269 Å². The molecule has 2 saturated heterocycles. The van der Waals surface area contributed by atoms with E-state index >= 15 is 0 Å². The molecule has 0 bridgehead atoms. The van der Waals surface area contributed by atoms with E-state index in [9.17, 15) is 23.6 Å². The van der Waals surface area contributed by atoms with Gasteiger partial charge in [0.05, 0.1) is 12.1 Å². The molecule has 4 atom stereocenters. The number of rotatable bonds is 10. The molecule has 2 aliphatic rings. The van der Waals surface area contributed by atoms with Crippen LogP contribution in [0.25, 0.3) is 0 Å². The summed E-state index contributed by atoms with van der Waals surface area (Å²) in [4.78, 5) is 59.9. The highest BCUT2D eigenvalue weighted by molar-refractivity contribution is 6.01. The largest absolute Gasteiger partial charge is 0.342 e. The van der Waals surface area contributed by atoms with Crippen LogP contribution in [0.4, 0.5) is 10.1 Å². The van der Waals surface area contributed by atoms with Gasteiger partial charge in [-0.2, -0.15) is 0 Å². The standard InChI is InChI=1S/C35H54FN5O4/c1-22(2)29(21-24(5)33(44)41-20-12-14-28(41)31(42)37-26-17-15-25(36)16-18-26)39(9)34(45)30(35(6,7)8)38-32(43)27-13-10-11-19-40(27)23(3)4/h15-18,21-23,27-30H,10-14,19-20H2,1-9H3,(H,37,42)(H,38,43)/t27-,28+,29?,30-/m1/s1. The monoisotopic (exact) mass is 627 g/mol. The summed E-state index contributed by atoms with van der Waals surface area (Å²) in [5.41, 5.74) is 0.365. The molecule has 3 rings (SSSR count). The average molecular weight is 628 g/mol. The van der Waals surface area contributed by atoms with Crippen LogP contribution < -0.4 is 10.6 Å². The Balaban J connectivity index is 1.77. The minimum Gasteiger partial charge on any atom is -0.342 e. The van der Waals surface area contributed by atoms with E-state index in [2.05, 4.69) is 29.4 Å². The maximum Gasteiger partial charge on any atom is 0.249 e. The van der Waals surface area contributed by atoms with Crippen molar-refractivity contribution in [2.45, 2.75) is 118 Å². The Bertz CT molecular complexity index is 1240. The summed E-state index contributed by atoms with van der Waals surface area (Å²) in [5, 5.41) is 5.91. The summed E-state index contributed by atoms with van der Waals surface area (Å²) < 4.78 is 13.3. The lowest BCUT2D eigenvalue weighted by molar-refractivity contribution is -0.142. The summed E-state index contributed by atoms with van der Waals surface area (Å²) in [7, 11) is 1.72. The van der Waals surface area contributed by atoms with Crippen molar-refractivity contribution in [2.24, 2.45) is 11.3 Å². The predicted molar refractivity (Wildman–Crippen MR) is 176 cm³/mol. The normalized spacial score (nSPS) is 21.1. The Hall–Kier alpha value is -3.27. The van der Waals surface area contributed by atoms with E-state index in [-0.39, 0.29) is 41.6 Å². The highest BCUT2D eigenvalue weighted by Gasteiger charge is 2.40. The second-order valence-electron chi connectivity index (χ2n) is 14.3. The zero-order chi connectivity index (χ0) is 33.6. The fraction of sp³-hybridized carbons (Fsp3) is 0.657. The molecule has 250 valence electrons. The van der Waals surface area contributed by atoms with Crippen LogP contribution in [0.2, 0.25) is 0 Å². The van der Waals surface area contributed by atoms with Crippen LogP contribution in [0.5, 0.6) is 0 Å². The van der Waals surface area contributed by atoms with Crippen LogP contribution in [0.1, 0.15) is 87.5 Å². The number of piperidine rings is 1. The molecular formula is C35H54FN5O4. The van der Waals surface area contributed by atoms with Crippen LogP contribution in [0, 0.1) is 17.2 Å². The highest BCUT2D eigenvalue weighted by Crippen LogP contribution is 2.27. The Kier molecular flexibility index (Phi) is 12.3. The molecule has 0 aromatic heterocycles. The summed E-state index contributed by atoms with van der Waals surface area (Å²) in [6, 6.07) is 3.67. The first-order valence-electron chi connectivity index (χ1n) is 16.4. The van der Waals surface area contributed by atoms with Gasteiger partial charge in [-0.1, -0.05) is 47.1 Å². The molecule has 10 heteroatoms. The maximum atomic E-state index is 14.1. The van der Waals surface area contributed by atoms with E-state index < -0.39 is 29.4 Å². The molecular weight excluding hydrogens is 573 g/mol. The third kappa shape index (κ3) is 9.15. The molecule has 0 aliphatic carbocycles. The van der Waals surface area contributed by atoms with Gasteiger partial charge in [-0.15, -0.1) is 0 Å². The van der Waals surface area contributed by atoms with Crippen LogP contribution in [0.3, 0.4) is 0 Å². The quantitative estimate of drug-likeness (QED) is 0.357. The van der Waals surface area contributed by atoms with Crippen molar-refractivity contribution >= 4 is 29.3 Å². The van der Waals surface area contributed by atoms with Gasteiger partial charge in [0.2, 0.25) is 23.6 Å². The summed E-state index contributed by atoms with van der Waals surface area (Å²) in [5.74, 6) is -1.32. The molecule has 4 amide bonds. The van der Waals surface area contributed by atoms with Gasteiger partial charge in [0.25, 0.3) is 0 Å². The topological polar surface area (TPSA) is 102 Å². The van der Waals surface area contributed by atoms with Gasteiger partial charge in [0, 0.05) is 30.9 Å². The van der Waals surface area contributed by atoms with Gasteiger partial charge >= 0.3 is 0 Å². The second-order valence-corrected chi connectivity index (χ2v) is 14.3. The molecule has 2 N–H and O–H groups in total. The SMILES string of the molecule is CC(=CC(C(C)C)N(C)C(=O)[C@@H](NC(=O)[C@H]1CCCCN1C(C)C)C(C)(C)C)C(=O)N1CCC[C@H]1C(=O)Nc1ccc(F)cc1. The average Bonchev–Trinajstić information content (AvgIpc) is 3.48. The molecule has 2 aliphatic heterocycles. The fourth-order valence-electron chi connectivity index (χ4n) is 6.44. The molecule has 1 unspecified atom stereocenters. The van der Waals surface area contributed by atoms with Gasteiger partial charge in [-0.3, -0.25) is 24.1 Å². The lowest BCUT2D eigenvalue weighted by atomic mass is 9.84. The third-order valence-electron chi connectivity index (χ3n) is 9.07. The molecule has 45 heavy (non-hydrogen) atoms. The number of halogens is 1. The van der Waals surface area contributed by atoms with Crippen molar-refractivity contribution in [2.75, 3.05) is 25.5 Å². The molecule has 2 heterocycles. The number of carbonyl (C=O) groups excluding carboxylic acids is 4. The van der Waals surface area contributed by atoms with E-state index in [0.29, 0.717) is 30.6 Å². The van der Waals surface area contributed by atoms with Crippen LogP contribution in [-0.4, -0.2) is 88.7 Å².